The summed E-state index contributed by atoms with van der Waals surface area (Å²) in [7, 11) is 1.80. The molecule has 132 valence electrons. The molecule has 0 N–H and O–H groups in total. The first-order valence-electron chi connectivity index (χ1n) is 8.03. The van der Waals surface area contributed by atoms with Gasteiger partial charge in [0.25, 0.3) is 5.69 Å². The molecular formula is C19H22N2O3S. The zero-order chi connectivity index (χ0) is 18.4. The van der Waals surface area contributed by atoms with E-state index in [-0.39, 0.29) is 16.8 Å². The van der Waals surface area contributed by atoms with Gasteiger partial charge in [-0.3, -0.25) is 14.9 Å². The van der Waals surface area contributed by atoms with Gasteiger partial charge in [0.1, 0.15) is 0 Å². The summed E-state index contributed by atoms with van der Waals surface area (Å²) < 4.78 is 0. The van der Waals surface area contributed by atoms with Gasteiger partial charge in [-0.05, 0) is 30.5 Å². The molecule has 0 heterocycles. The number of non-ortho nitro benzene ring substituents is 1. The van der Waals surface area contributed by atoms with E-state index in [1.807, 2.05) is 44.2 Å². The monoisotopic (exact) mass is 358 g/mol. The second-order valence-electron chi connectivity index (χ2n) is 5.98. The Bertz CT molecular complexity index is 764. The average Bonchev–Trinajstić information content (AvgIpc) is 2.61. The third-order valence-corrected chi connectivity index (χ3v) is 5.29. The minimum Gasteiger partial charge on any atom is -0.341 e. The van der Waals surface area contributed by atoms with Crippen LogP contribution in [-0.4, -0.2) is 28.5 Å². The van der Waals surface area contributed by atoms with Crippen LogP contribution in [0.5, 0.6) is 0 Å². The van der Waals surface area contributed by atoms with E-state index in [9.17, 15) is 14.9 Å². The molecule has 0 aliphatic carbocycles. The van der Waals surface area contributed by atoms with Crippen molar-refractivity contribution < 1.29 is 9.72 Å². The topological polar surface area (TPSA) is 63.5 Å². The molecular weight excluding hydrogens is 336 g/mol. The summed E-state index contributed by atoms with van der Waals surface area (Å²) in [6.45, 7) is 4.57. The molecule has 0 spiro atoms. The molecule has 0 unspecified atom stereocenters. The van der Waals surface area contributed by atoms with Gasteiger partial charge >= 0.3 is 0 Å². The number of nitro benzene ring substituents is 1. The number of benzene rings is 2. The number of carbonyl (C=O) groups is 1. The van der Waals surface area contributed by atoms with E-state index < -0.39 is 4.92 Å². The molecule has 0 aliphatic rings. The van der Waals surface area contributed by atoms with Crippen molar-refractivity contribution in [2.24, 2.45) is 0 Å². The predicted molar refractivity (Wildman–Crippen MR) is 102 cm³/mol. The maximum atomic E-state index is 12.4. The van der Waals surface area contributed by atoms with Crippen LogP contribution in [0.3, 0.4) is 0 Å². The summed E-state index contributed by atoms with van der Waals surface area (Å²) in [6.07, 6.45) is 0. The first-order chi connectivity index (χ1) is 11.9. The fourth-order valence-corrected chi connectivity index (χ4v) is 3.38. The Morgan fingerprint density at radius 1 is 1.24 bits per heavy atom. The zero-order valence-electron chi connectivity index (χ0n) is 14.6. The highest BCUT2D eigenvalue weighted by molar-refractivity contribution is 8.00. The van der Waals surface area contributed by atoms with Crippen molar-refractivity contribution in [3.63, 3.8) is 0 Å². The van der Waals surface area contributed by atoms with Crippen LogP contribution in [0.4, 0.5) is 5.69 Å². The molecule has 5 nitrogen and oxygen atoms in total. The lowest BCUT2D eigenvalue weighted by atomic mass is 10.1. The van der Waals surface area contributed by atoms with Crippen LogP contribution in [0.1, 0.15) is 28.9 Å². The summed E-state index contributed by atoms with van der Waals surface area (Å²) in [5.41, 5.74) is 3.23. The standard InChI is InChI=1S/C19H22N2O3S/c1-14-7-4-5-8-17(14)12-20(3)19(22)13-25-15(2)16-9-6-10-18(11-16)21(23)24/h4-11,15H,12-13H2,1-3H3/t15-/m0/s1. The summed E-state index contributed by atoms with van der Waals surface area (Å²) in [6, 6.07) is 14.6. The Labute approximate surface area is 152 Å². The van der Waals surface area contributed by atoms with Gasteiger partial charge in [0.15, 0.2) is 0 Å². The Hall–Kier alpha value is -2.34. The van der Waals surface area contributed by atoms with Crippen LogP contribution in [0.2, 0.25) is 0 Å². The first kappa shape index (κ1) is 19.0. The zero-order valence-corrected chi connectivity index (χ0v) is 15.5. The normalized spacial score (nSPS) is 11.8. The first-order valence-corrected chi connectivity index (χ1v) is 9.07. The number of nitrogens with zero attached hydrogens (tertiary/aromatic N) is 2. The van der Waals surface area contributed by atoms with Crippen LogP contribution in [-0.2, 0) is 11.3 Å². The second kappa shape index (κ2) is 8.67. The number of hydrogen-bond donors (Lipinski definition) is 0. The third-order valence-electron chi connectivity index (χ3n) is 4.10. The molecule has 2 aromatic carbocycles. The molecule has 1 amide bonds. The number of carbonyl (C=O) groups excluding carboxylic acids is 1. The molecule has 0 aliphatic heterocycles. The molecule has 0 radical (unpaired) electrons. The van der Waals surface area contributed by atoms with Crippen LogP contribution in [0.15, 0.2) is 48.5 Å². The van der Waals surface area contributed by atoms with E-state index in [2.05, 4.69) is 0 Å². The van der Waals surface area contributed by atoms with Gasteiger partial charge in [-0.15, -0.1) is 11.8 Å². The molecule has 0 bridgehead atoms. The lowest BCUT2D eigenvalue weighted by molar-refractivity contribution is -0.384. The molecule has 0 aromatic heterocycles. The van der Waals surface area contributed by atoms with Crippen molar-refractivity contribution in [3.8, 4) is 0 Å². The van der Waals surface area contributed by atoms with Crippen molar-refractivity contribution in [1.29, 1.82) is 0 Å². The lowest BCUT2D eigenvalue weighted by Crippen LogP contribution is -2.28. The van der Waals surface area contributed by atoms with E-state index in [1.54, 1.807) is 24.1 Å². The van der Waals surface area contributed by atoms with E-state index in [1.165, 1.54) is 23.4 Å². The Balaban J connectivity index is 1.91. The smallest absolute Gasteiger partial charge is 0.269 e. The van der Waals surface area contributed by atoms with Crippen LogP contribution in [0, 0.1) is 17.0 Å². The van der Waals surface area contributed by atoms with Gasteiger partial charge < -0.3 is 4.90 Å². The third kappa shape index (κ3) is 5.32. The van der Waals surface area contributed by atoms with Crippen LogP contribution < -0.4 is 0 Å². The summed E-state index contributed by atoms with van der Waals surface area (Å²) >= 11 is 1.49. The Morgan fingerprint density at radius 3 is 2.64 bits per heavy atom. The fraction of sp³-hybridized carbons (Fsp3) is 0.316. The van der Waals surface area contributed by atoms with Gasteiger partial charge in [-0.2, -0.15) is 0 Å². The predicted octanol–water partition coefficient (Wildman–Crippen LogP) is 4.36. The minimum atomic E-state index is -0.401. The number of hydrogen-bond acceptors (Lipinski definition) is 4. The average molecular weight is 358 g/mol. The Morgan fingerprint density at radius 2 is 1.96 bits per heavy atom. The number of nitro groups is 1. The number of amides is 1. The highest BCUT2D eigenvalue weighted by Crippen LogP contribution is 2.30. The molecule has 2 rings (SSSR count). The Kier molecular flexibility index (Phi) is 6.58. The van der Waals surface area contributed by atoms with Crippen LogP contribution >= 0.6 is 11.8 Å². The number of aryl methyl sites for hydroxylation is 1. The fourth-order valence-electron chi connectivity index (χ4n) is 2.43. The van der Waals surface area contributed by atoms with E-state index in [0.29, 0.717) is 12.3 Å². The van der Waals surface area contributed by atoms with E-state index in [4.69, 9.17) is 0 Å². The van der Waals surface area contributed by atoms with Crippen molar-refractivity contribution in [2.45, 2.75) is 25.6 Å². The van der Waals surface area contributed by atoms with Crippen molar-refractivity contribution in [1.82, 2.24) is 4.90 Å². The molecule has 0 fully saturated rings. The number of thioether (sulfide) groups is 1. The summed E-state index contributed by atoms with van der Waals surface area (Å²) in [4.78, 5) is 24.6. The highest BCUT2D eigenvalue weighted by atomic mass is 32.2. The molecule has 0 saturated heterocycles. The summed E-state index contributed by atoms with van der Waals surface area (Å²) in [5.74, 6) is 0.386. The molecule has 2 aromatic rings. The van der Waals surface area contributed by atoms with Crippen molar-refractivity contribution in [3.05, 3.63) is 75.3 Å². The number of rotatable bonds is 7. The largest absolute Gasteiger partial charge is 0.341 e. The van der Waals surface area contributed by atoms with Crippen molar-refractivity contribution >= 4 is 23.4 Å². The maximum Gasteiger partial charge on any atom is 0.269 e. The maximum absolute atomic E-state index is 12.4. The SMILES string of the molecule is Cc1ccccc1CN(C)C(=O)CS[C@@H](C)c1cccc([N+](=O)[O-])c1. The summed E-state index contributed by atoms with van der Waals surface area (Å²) in [5, 5.41) is 10.9. The highest BCUT2D eigenvalue weighted by Gasteiger charge is 2.15. The lowest BCUT2D eigenvalue weighted by Gasteiger charge is -2.19. The molecule has 1 atom stereocenters. The molecule has 25 heavy (non-hydrogen) atoms. The van der Waals surface area contributed by atoms with Gasteiger partial charge in [0.2, 0.25) is 5.91 Å². The van der Waals surface area contributed by atoms with Gasteiger partial charge in [-0.25, -0.2) is 0 Å². The van der Waals surface area contributed by atoms with E-state index >= 15 is 0 Å². The van der Waals surface area contributed by atoms with E-state index in [0.717, 1.165) is 11.1 Å². The molecule has 6 heteroatoms. The van der Waals surface area contributed by atoms with Crippen molar-refractivity contribution in [2.75, 3.05) is 12.8 Å². The molecule has 0 saturated carbocycles. The quantitative estimate of drug-likeness (QED) is 0.545. The van der Waals surface area contributed by atoms with Gasteiger partial charge in [0.05, 0.1) is 10.7 Å². The van der Waals surface area contributed by atoms with Gasteiger partial charge in [-0.1, -0.05) is 36.4 Å². The second-order valence-corrected chi connectivity index (χ2v) is 7.31. The van der Waals surface area contributed by atoms with Crippen LogP contribution in [0.25, 0.3) is 0 Å². The van der Waals surface area contributed by atoms with Gasteiger partial charge in [0, 0.05) is 31.0 Å². The minimum absolute atomic E-state index is 0.00992.